The van der Waals surface area contributed by atoms with Crippen molar-refractivity contribution in [3.8, 4) is 0 Å². The smallest absolute Gasteiger partial charge is 0.235 e. The van der Waals surface area contributed by atoms with E-state index in [-0.39, 0.29) is 23.3 Å². The Morgan fingerprint density at radius 1 is 1.29 bits per heavy atom. The Kier molecular flexibility index (Phi) is 7.34. The maximum Gasteiger partial charge on any atom is 0.235 e. The number of unbranched alkanes of at least 4 members (excludes halogenated alkanes) is 1. The molecule has 0 radical (unpaired) electrons. The summed E-state index contributed by atoms with van der Waals surface area (Å²) < 4.78 is 6.86. The highest BCUT2D eigenvalue weighted by molar-refractivity contribution is 8.00. The number of aromatic nitrogens is 3. The van der Waals surface area contributed by atoms with Crippen LogP contribution < -0.4 is 10.6 Å². The van der Waals surface area contributed by atoms with Gasteiger partial charge in [0.1, 0.15) is 5.76 Å². The van der Waals surface area contributed by atoms with Crippen molar-refractivity contribution >= 4 is 29.4 Å². The van der Waals surface area contributed by atoms with Gasteiger partial charge in [0.2, 0.25) is 11.8 Å². The third-order valence-electron chi connectivity index (χ3n) is 3.09. The summed E-state index contributed by atoms with van der Waals surface area (Å²) in [5.41, 5.74) is 0. The second-order valence-electron chi connectivity index (χ2n) is 5.22. The first-order chi connectivity index (χ1) is 11.6. The molecule has 2 rings (SSSR count). The summed E-state index contributed by atoms with van der Waals surface area (Å²) in [5.74, 6) is 1.20. The molecule has 2 heterocycles. The summed E-state index contributed by atoms with van der Waals surface area (Å²) in [6.45, 7) is 3.28. The second-order valence-corrected chi connectivity index (χ2v) is 6.21. The van der Waals surface area contributed by atoms with Gasteiger partial charge >= 0.3 is 0 Å². The van der Waals surface area contributed by atoms with Crippen LogP contribution in [0.5, 0.6) is 0 Å². The van der Waals surface area contributed by atoms with Gasteiger partial charge in [0.15, 0.2) is 5.82 Å². The van der Waals surface area contributed by atoms with Crippen molar-refractivity contribution in [3.05, 3.63) is 30.5 Å². The van der Waals surface area contributed by atoms with Crippen LogP contribution in [-0.2, 0) is 16.1 Å². The zero-order valence-electron chi connectivity index (χ0n) is 13.5. The summed E-state index contributed by atoms with van der Waals surface area (Å²) >= 11 is 1.26. The summed E-state index contributed by atoms with van der Waals surface area (Å²) in [7, 11) is 0. The number of imidazole rings is 1. The molecule has 0 saturated heterocycles. The number of aryl methyl sites for hydroxylation is 2. The monoisotopic (exact) mass is 351 g/mol. The van der Waals surface area contributed by atoms with E-state index in [0.29, 0.717) is 18.1 Å². The van der Waals surface area contributed by atoms with Gasteiger partial charge in [0.05, 0.1) is 17.8 Å². The van der Waals surface area contributed by atoms with Crippen molar-refractivity contribution in [2.75, 3.05) is 23.4 Å². The molecule has 24 heavy (non-hydrogen) atoms. The lowest BCUT2D eigenvalue weighted by Crippen LogP contribution is -2.27. The van der Waals surface area contributed by atoms with Crippen molar-refractivity contribution in [2.24, 2.45) is 0 Å². The molecule has 0 unspecified atom stereocenters. The fraction of sp³-hybridized carbons (Fsp3) is 0.467. The van der Waals surface area contributed by atoms with Gasteiger partial charge in [-0.1, -0.05) is 5.16 Å². The number of carbonyl (C=O) groups excluding carboxylic acids is 2. The van der Waals surface area contributed by atoms with Gasteiger partial charge in [-0.15, -0.1) is 11.8 Å². The molecule has 9 heteroatoms. The van der Waals surface area contributed by atoms with Gasteiger partial charge < -0.3 is 19.7 Å². The Hall–Kier alpha value is -2.29. The van der Waals surface area contributed by atoms with E-state index in [4.69, 9.17) is 4.52 Å². The number of carbonyl (C=O) groups is 2. The molecule has 2 amide bonds. The molecule has 0 aromatic carbocycles. The van der Waals surface area contributed by atoms with Gasteiger partial charge in [-0.2, -0.15) is 0 Å². The predicted octanol–water partition coefficient (Wildman–Crippen LogP) is 1.45. The van der Waals surface area contributed by atoms with Gasteiger partial charge in [0, 0.05) is 31.5 Å². The summed E-state index contributed by atoms with van der Waals surface area (Å²) in [6, 6.07) is 1.64. The standard InChI is InChI=1S/C15H21N5O3S/c1-12-8-13(19-23-12)18-15(22)10-24-9-14(21)17-4-2-3-6-20-7-5-16-11-20/h5,7-8,11H,2-4,6,9-10H2,1H3,(H,17,21)(H,18,19,22). The molecule has 0 aliphatic rings. The van der Waals surface area contributed by atoms with Crippen LogP contribution in [0.2, 0.25) is 0 Å². The SMILES string of the molecule is Cc1cc(NC(=O)CSCC(=O)NCCCCn2ccnc2)no1. The topological polar surface area (TPSA) is 102 Å². The number of nitrogens with one attached hydrogen (secondary N) is 2. The Bertz CT molecular complexity index is 641. The minimum absolute atomic E-state index is 0.0623. The highest BCUT2D eigenvalue weighted by atomic mass is 32.2. The van der Waals surface area contributed by atoms with E-state index in [1.54, 1.807) is 25.5 Å². The summed E-state index contributed by atoms with van der Waals surface area (Å²) in [4.78, 5) is 27.3. The van der Waals surface area contributed by atoms with Crippen molar-refractivity contribution in [3.63, 3.8) is 0 Å². The molecule has 0 atom stereocenters. The van der Waals surface area contributed by atoms with Gasteiger partial charge in [-0.3, -0.25) is 9.59 Å². The minimum atomic E-state index is -0.207. The van der Waals surface area contributed by atoms with Crippen molar-refractivity contribution < 1.29 is 14.1 Å². The molecular weight excluding hydrogens is 330 g/mol. The number of amides is 2. The molecule has 0 saturated carbocycles. The van der Waals surface area contributed by atoms with E-state index in [9.17, 15) is 9.59 Å². The first kappa shape index (κ1) is 18.1. The molecule has 0 bridgehead atoms. The second kappa shape index (κ2) is 9.76. The van der Waals surface area contributed by atoms with Crippen molar-refractivity contribution in [2.45, 2.75) is 26.3 Å². The molecule has 0 aliphatic carbocycles. The largest absolute Gasteiger partial charge is 0.360 e. The number of anilines is 1. The number of nitrogens with zero attached hydrogens (tertiary/aromatic N) is 3. The maximum absolute atomic E-state index is 11.7. The van der Waals surface area contributed by atoms with Crippen LogP contribution in [-0.4, -0.2) is 44.6 Å². The van der Waals surface area contributed by atoms with E-state index >= 15 is 0 Å². The van der Waals surface area contributed by atoms with Crippen LogP contribution in [0.1, 0.15) is 18.6 Å². The average molecular weight is 351 g/mol. The Balaban J connectivity index is 1.47. The van der Waals surface area contributed by atoms with E-state index in [1.807, 2.05) is 10.8 Å². The molecule has 2 aromatic rings. The van der Waals surface area contributed by atoms with Crippen LogP contribution in [0, 0.1) is 6.92 Å². The van der Waals surface area contributed by atoms with Crippen LogP contribution in [0.3, 0.4) is 0 Å². The highest BCUT2D eigenvalue weighted by Gasteiger charge is 2.08. The van der Waals surface area contributed by atoms with Gasteiger partial charge in [-0.05, 0) is 19.8 Å². The Morgan fingerprint density at radius 3 is 2.83 bits per heavy atom. The predicted molar refractivity (Wildman–Crippen MR) is 91.7 cm³/mol. The van der Waals surface area contributed by atoms with Crippen LogP contribution in [0.4, 0.5) is 5.82 Å². The molecule has 0 spiro atoms. The summed E-state index contributed by atoms with van der Waals surface area (Å²) in [6.07, 6.45) is 7.32. The lowest BCUT2D eigenvalue weighted by atomic mass is 10.3. The van der Waals surface area contributed by atoms with Crippen LogP contribution in [0.25, 0.3) is 0 Å². The lowest BCUT2D eigenvalue weighted by molar-refractivity contribution is -0.118. The van der Waals surface area contributed by atoms with E-state index in [2.05, 4.69) is 20.8 Å². The average Bonchev–Trinajstić information content (AvgIpc) is 3.19. The Morgan fingerprint density at radius 2 is 2.12 bits per heavy atom. The Labute approximate surface area is 144 Å². The molecule has 130 valence electrons. The third-order valence-corrected chi connectivity index (χ3v) is 4.02. The normalized spacial score (nSPS) is 10.5. The molecule has 8 nitrogen and oxygen atoms in total. The lowest BCUT2D eigenvalue weighted by Gasteiger charge is -2.05. The van der Waals surface area contributed by atoms with Crippen molar-refractivity contribution in [1.29, 1.82) is 0 Å². The number of rotatable bonds is 10. The van der Waals surface area contributed by atoms with Crippen LogP contribution in [0.15, 0.2) is 29.3 Å². The van der Waals surface area contributed by atoms with Crippen molar-refractivity contribution in [1.82, 2.24) is 20.0 Å². The number of hydrogen-bond acceptors (Lipinski definition) is 6. The maximum atomic E-state index is 11.7. The quantitative estimate of drug-likeness (QED) is 0.628. The highest BCUT2D eigenvalue weighted by Crippen LogP contribution is 2.08. The molecule has 0 fully saturated rings. The van der Waals surface area contributed by atoms with Gasteiger partial charge in [0.25, 0.3) is 0 Å². The fourth-order valence-corrected chi connectivity index (χ4v) is 2.60. The van der Waals surface area contributed by atoms with Crippen LogP contribution >= 0.6 is 11.8 Å². The first-order valence-electron chi connectivity index (χ1n) is 7.67. The fourth-order valence-electron chi connectivity index (χ4n) is 1.96. The molecule has 0 aliphatic heterocycles. The van der Waals surface area contributed by atoms with E-state index in [0.717, 1.165) is 19.4 Å². The first-order valence-corrected chi connectivity index (χ1v) is 8.82. The summed E-state index contributed by atoms with van der Waals surface area (Å²) in [5, 5.41) is 9.13. The number of thioether (sulfide) groups is 1. The number of hydrogen-bond donors (Lipinski definition) is 2. The van der Waals surface area contributed by atoms with Gasteiger partial charge in [-0.25, -0.2) is 4.98 Å². The third kappa shape index (κ3) is 6.86. The molecular formula is C15H21N5O3S. The zero-order valence-corrected chi connectivity index (χ0v) is 14.3. The van der Waals surface area contributed by atoms with E-state index < -0.39 is 0 Å². The van der Waals surface area contributed by atoms with E-state index in [1.165, 1.54) is 11.8 Å². The zero-order chi connectivity index (χ0) is 17.2. The molecule has 2 N–H and O–H groups in total. The minimum Gasteiger partial charge on any atom is -0.360 e. The molecule has 2 aromatic heterocycles.